The van der Waals surface area contributed by atoms with Crippen molar-refractivity contribution in [1.29, 1.82) is 0 Å². The summed E-state index contributed by atoms with van der Waals surface area (Å²) in [6, 6.07) is 7.83. The molecular formula is C14H10F3NO4. The van der Waals surface area contributed by atoms with Crippen LogP contribution in [0.5, 0.6) is 11.6 Å². The van der Waals surface area contributed by atoms with E-state index in [9.17, 15) is 18.0 Å². The molecule has 0 aliphatic carbocycles. The van der Waals surface area contributed by atoms with E-state index in [2.05, 4.69) is 9.72 Å². The molecule has 1 N–H and O–H groups in total. The molecule has 1 heterocycles. The molecule has 0 aliphatic rings. The molecule has 0 saturated heterocycles. The summed E-state index contributed by atoms with van der Waals surface area (Å²) in [6.45, 7) is 0. The molecular weight excluding hydrogens is 303 g/mol. The molecule has 2 rings (SSSR count). The van der Waals surface area contributed by atoms with Crippen LogP contribution < -0.4 is 9.47 Å². The second kappa shape index (κ2) is 5.92. The van der Waals surface area contributed by atoms with E-state index in [-0.39, 0.29) is 17.1 Å². The number of pyridine rings is 1. The van der Waals surface area contributed by atoms with Gasteiger partial charge in [-0.3, -0.25) is 0 Å². The molecule has 0 bridgehead atoms. The summed E-state index contributed by atoms with van der Waals surface area (Å²) in [5, 5.41) is 8.96. The minimum Gasteiger partial charge on any atom is -0.480 e. The Morgan fingerprint density at radius 3 is 2.55 bits per heavy atom. The highest BCUT2D eigenvalue weighted by atomic mass is 19.4. The lowest BCUT2D eigenvalue weighted by Crippen LogP contribution is -2.17. The number of ether oxygens (including phenoxy) is 2. The first-order chi connectivity index (χ1) is 10.3. The van der Waals surface area contributed by atoms with Crippen LogP contribution in [0.2, 0.25) is 0 Å². The number of rotatable bonds is 4. The molecule has 0 saturated carbocycles. The summed E-state index contributed by atoms with van der Waals surface area (Å²) in [6.07, 6.45) is -4.79. The molecule has 0 spiro atoms. The lowest BCUT2D eigenvalue weighted by Gasteiger charge is -2.11. The van der Waals surface area contributed by atoms with Gasteiger partial charge in [0.05, 0.1) is 12.8 Å². The largest absolute Gasteiger partial charge is 0.573 e. The van der Waals surface area contributed by atoms with Crippen LogP contribution in [0.15, 0.2) is 36.4 Å². The van der Waals surface area contributed by atoms with Crippen molar-refractivity contribution in [3.8, 4) is 22.9 Å². The number of methoxy groups -OCH3 is 1. The maximum Gasteiger partial charge on any atom is 0.573 e. The van der Waals surface area contributed by atoms with Crippen LogP contribution in [-0.2, 0) is 0 Å². The van der Waals surface area contributed by atoms with Gasteiger partial charge < -0.3 is 14.6 Å². The maximum atomic E-state index is 12.2. The quantitative estimate of drug-likeness (QED) is 0.937. The number of halogens is 3. The minimum atomic E-state index is -4.79. The van der Waals surface area contributed by atoms with Crippen LogP contribution in [0.3, 0.4) is 0 Å². The van der Waals surface area contributed by atoms with Gasteiger partial charge in [0.2, 0.25) is 5.88 Å². The predicted octanol–water partition coefficient (Wildman–Crippen LogP) is 3.35. The fourth-order valence-electron chi connectivity index (χ4n) is 1.77. The van der Waals surface area contributed by atoms with E-state index in [4.69, 9.17) is 9.84 Å². The van der Waals surface area contributed by atoms with Crippen molar-refractivity contribution in [2.24, 2.45) is 0 Å². The summed E-state index contributed by atoms with van der Waals surface area (Å²) in [5.41, 5.74) is 0.445. The van der Waals surface area contributed by atoms with E-state index in [0.717, 1.165) is 12.1 Å². The fourth-order valence-corrected chi connectivity index (χ4v) is 1.77. The summed E-state index contributed by atoms with van der Waals surface area (Å²) in [7, 11) is 1.25. The van der Waals surface area contributed by atoms with Gasteiger partial charge in [-0.25, -0.2) is 9.78 Å². The number of hydrogen-bond acceptors (Lipinski definition) is 4. The van der Waals surface area contributed by atoms with Crippen molar-refractivity contribution < 1.29 is 32.5 Å². The Bertz CT molecular complexity index is 701. The average molecular weight is 313 g/mol. The van der Waals surface area contributed by atoms with Crippen LogP contribution in [0.4, 0.5) is 13.2 Å². The number of carbonyl (C=O) groups is 1. The molecule has 22 heavy (non-hydrogen) atoms. The van der Waals surface area contributed by atoms with Gasteiger partial charge in [-0.05, 0) is 24.3 Å². The van der Waals surface area contributed by atoms with Gasteiger partial charge in [0.15, 0.2) is 0 Å². The molecule has 0 atom stereocenters. The number of hydrogen-bond donors (Lipinski definition) is 1. The van der Waals surface area contributed by atoms with Gasteiger partial charge in [0, 0.05) is 5.56 Å². The van der Waals surface area contributed by atoms with Crippen molar-refractivity contribution in [3.05, 3.63) is 42.0 Å². The third-order valence-electron chi connectivity index (χ3n) is 2.65. The number of aromatic nitrogens is 1. The lowest BCUT2D eigenvalue weighted by atomic mass is 10.1. The van der Waals surface area contributed by atoms with Crippen molar-refractivity contribution in [3.63, 3.8) is 0 Å². The van der Waals surface area contributed by atoms with Crippen LogP contribution in [0.25, 0.3) is 11.3 Å². The summed E-state index contributed by atoms with van der Waals surface area (Å²) in [5.74, 6) is -1.75. The molecule has 1 aromatic carbocycles. The Labute approximate surface area is 122 Å². The summed E-state index contributed by atoms with van der Waals surface area (Å²) in [4.78, 5) is 15.0. The number of alkyl halides is 3. The number of nitrogens with zero attached hydrogens (tertiary/aromatic N) is 1. The summed E-state index contributed by atoms with van der Waals surface area (Å²) < 4.78 is 45.3. The molecule has 1 aromatic heterocycles. The molecule has 0 amide bonds. The molecule has 0 aliphatic heterocycles. The van der Waals surface area contributed by atoms with E-state index in [1.807, 2.05) is 0 Å². The molecule has 0 radical (unpaired) electrons. The highest BCUT2D eigenvalue weighted by molar-refractivity contribution is 5.90. The predicted molar refractivity (Wildman–Crippen MR) is 69.9 cm³/mol. The van der Waals surface area contributed by atoms with Gasteiger partial charge in [-0.2, -0.15) is 0 Å². The van der Waals surface area contributed by atoms with Crippen LogP contribution in [0.1, 0.15) is 10.4 Å². The highest BCUT2D eigenvalue weighted by Crippen LogP contribution is 2.28. The van der Waals surface area contributed by atoms with Gasteiger partial charge in [0.25, 0.3) is 0 Å². The molecule has 116 valence electrons. The smallest absolute Gasteiger partial charge is 0.480 e. The summed E-state index contributed by atoms with van der Waals surface area (Å²) >= 11 is 0. The second-order valence-electron chi connectivity index (χ2n) is 4.13. The Morgan fingerprint density at radius 2 is 1.95 bits per heavy atom. The Balaban J connectivity index is 2.40. The van der Waals surface area contributed by atoms with E-state index in [0.29, 0.717) is 5.56 Å². The maximum absolute atomic E-state index is 12.2. The number of carboxylic acids is 1. The highest BCUT2D eigenvalue weighted by Gasteiger charge is 2.31. The SMILES string of the molecule is COc1nc(-c2cccc(OC(F)(F)F)c2)ccc1C(=O)O. The van der Waals surface area contributed by atoms with E-state index in [1.54, 1.807) is 0 Å². The van der Waals surface area contributed by atoms with Gasteiger partial charge in [-0.15, -0.1) is 13.2 Å². The van der Waals surface area contributed by atoms with Crippen molar-refractivity contribution in [2.75, 3.05) is 7.11 Å². The van der Waals surface area contributed by atoms with Crippen LogP contribution in [-0.4, -0.2) is 29.5 Å². The zero-order chi connectivity index (χ0) is 16.3. The van der Waals surface area contributed by atoms with Gasteiger partial charge in [0.1, 0.15) is 11.3 Å². The number of benzene rings is 1. The van der Waals surface area contributed by atoms with E-state index >= 15 is 0 Å². The van der Waals surface area contributed by atoms with Gasteiger partial charge >= 0.3 is 12.3 Å². The first kappa shape index (κ1) is 15.6. The zero-order valence-corrected chi connectivity index (χ0v) is 11.2. The molecule has 8 heteroatoms. The van der Waals surface area contributed by atoms with Gasteiger partial charge in [-0.1, -0.05) is 12.1 Å². The third-order valence-corrected chi connectivity index (χ3v) is 2.65. The minimum absolute atomic E-state index is 0.132. The first-order valence-electron chi connectivity index (χ1n) is 5.94. The topological polar surface area (TPSA) is 68.7 Å². The Hall–Kier alpha value is -2.77. The zero-order valence-electron chi connectivity index (χ0n) is 11.2. The molecule has 0 fully saturated rings. The van der Waals surface area contributed by atoms with Crippen LogP contribution in [0, 0.1) is 0 Å². The molecule has 2 aromatic rings. The van der Waals surface area contributed by atoms with Crippen molar-refractivity contribution >= 4 is 5.97 Å². The van der Waals surface area contributed by atoms with E-state index < -0.39 is 18.1 Å². The fraction of sp³-hybridized carbons (Fsp3) is 0.143. The lowest BCUT2D eigenvalue weighted by molar-refractivity contribution is -0.274. The standard InChI is InChI=1S/C14H10F3NO4/c1-21-12-10(13(19)20)5-6-11(18-12)8-3-2-4-9(7-8)22-14(15,16)17/h2-7H,1H3,(H,19,20). The van der Waals surface area contributed by atoms with Crippen LogP contribution >= 0.6 is 0 Å². The Kier molecular flexibility index (Phi) is 4.20. The van der Waals surface area contributed by atoms with Crippen molar-refractivity contribution in [1.82, 2.24) is 4.98 Å². The normalized spacial score (nSPS) is 11.1. The monoisotopic (exact) mass is 313 g/mol. The van der Waals surface area contributed by atoms with E-state index in [1.165, 1.54) is 31.4 Å². The number of carboxylic acid groups (broad SMARTS) is 1. The molecule has 0 unspecified atom stereocenters. The average Bonchev–Trinajstić information content (AvgIpc) is 2.45. The first-order valence-corrected chi connectivity index (χ1v) is 5.94. The second-order valence-corrected chi connectivity index (χ2v) is 4.13. The molecule has 5 nitrogen and oxygen atoms in total. The number of aromatic carboxylic acids is 1. The van der Waals surface area contributed by atoms with Crippen molar-refractivity contribution in [2.45, 2.75) is 6.36 Å². The third kappa shape index (κ3) is 3.66. The Morgan fingerprint density at radius 1 is 1.23 bits per heavy atom.